The first-order valence-corrected chi connectivity index (χ1v) is 13.5. The average molecular weight is 498 g/mol. The molecule has 1 aromatic heterocycles. The second-order valence-corrected chi connectivity index (χ2v) is 10.4. The summed E-state index contributed by atoms with van der Waals surface area (Å²) >= 11 is 0. The third-order valence-corrected chi connectivity index (χ3v) is 7.02. The highest BCUT2D eigenvalue weighted by molar-refractivity contribution is 6.06. The summed E-state index contributed by atoms with van der Waals surface area (Å²) in [5, 5.41) is 11.8. The van der Waals surface area contributed by atoms with Gasteiger partial charge in [-0.2, -0.15) is 5.10 Å². The van der Waals surface area contributed by atoms with Crippen LogP contribution in [0.4, 0.5) is 5.69 Å². The Morgan fingerprint density at radius 3 is 2.33 bits per heavy atom. The lowest BCUT2D eigenvalue weighted by molar-refractivity contribution is -0.138. The topological polar surface area (TPSA) is 96.3 Å². The van der Waals surface area contributed by atoms with Gasteiger partial charge in [-0.05, 0) is 57.7 Å². The molecule has 1 aliphatic heterocycles. The average Bonchev–Trinajstić information content (AvgIpc) is 3.18. The number of aryl methyl sites for hydroxylation is 1. The van der Waals surface area contributed by atoms with Gasteiger partial charge < -0.3 is 15.5 Å². The molecule has 8 heteroatoms. The fourth-order valence-corrected chi connectivity index (χ4v) is 4.88. The number of carbonyl (C=O) groups is 3. The number of amides is 2. The van der Waals surface area contributed by atoms with Crippen molar-refractivity contribution in [2.24, 2.45) is 0 Å². The van der Waals surface area contributed by atoms with Gasteiger partial charge >= 0.3 is 0 Å². The highest BCUT2D eigenvalue weighted by Gasteiger charge is 2.25. The van der Waals surface area contributed by atoms with E-state index in [-0.39, 0.29) is 30.2 Å². The lowest BCUT2D eigenvalue weighted by Gasteiger charge is -2.24. The molecule has 0 spiro atoms. The molecule has 0 fully saturated rings. The number of hydrogen-bond donors (Lipinski definition) is 2. The molecule has 2 aromatic rings. The predicted octanol–water partition coefficient (Wildman–Crippen LogP) is 4.70. The number of likely N-dealkylation sites (N-methyl/N-ethyl adjacent to an activating group) is 1. The second-order valence-electron chi connectivity index (χ2n) is 10.4. The molecule has 2 N–H and O–H groups in total. The molecule has 2 amide bonds. The lowest BCUT2D eigenvalue weighted by atomic mass is 10.00. The van der Waals surface area contributed by atoms with Crippen LogP contribution in [0.1, 0.15) is 95.1 Å². The van der Waals surface area contributed by atoms with Crippen molar-refractivity contribution in [3.63, 3.8) is 0 Å². The first-order valence-electron chi connectivity index (χ1n) is 13.5. The third-order valence-electron chi connectivity index (χ3n) is 7.02. The largest absolute Gasteiger partial charge is 0.383 e. The first-order chi connectivity index (χ1) is 17.2. The number of Topliss-reactive ketones (excluding diaryl/α,β-unsaturated/α-hetero) is 1. The molecule has 0 saturated carbocycles. The van der Waals surface area contributed by atoms with Crippen LogP contribution < -0.4 is 10.6 Å². The van der Waals surface area contributed by atoms with E-state index in [0.717, 1.165) is 54.3 Å². The van der Waals surface area contributed by atoms with Crippen LogP contribution in [0.15, 0.2) is 12.1 Å². The van der Waals surface area contributed by atoms with Crippen LogP contribution in [0, 0.1) is 0 Å². The molecule has 1 aromatic carbocycles. The van der Waals surface area contributed by atoms with Gasteiger partial charge in [-0.15, -0.1) is 0 Å². The number of hydrogen-bond acceptors (Lipinski definition) is 5. The maximum Gasteiger partial charge on any atom is 0.244 e. The Balaban J connectivity index is 2.01. The molecule has 3 rings (SSSR count). The Morgan fingerprint density at radius 2 is 1.69 bits per heavy atom. The number of aromatic nitrogens is 2. The molecule has 0 unspecified atom stereocenters. The number of anilines is 1. The fraction of sp³-hybridized carbons (Fsp3) is 0.643. The first kappa shape index (κ1) is 27.7. The van der Waals surface area contributed by atoms with Crippen LogP contribution in [0.5, 0.6) is 0 Å². The molecule has 36 heavy (non-hydrogen) atoms. The molecular weight excluding hydrogens is 454 g/mol. The minimum atomic E-state index is -0.588. The van der Waals surface area contributed by atoms with Gasteiger partial charge in [0.05, 0.1) is 5.52 Å². The van der Waals surface area contributed by atoms with Crippen LogP contribution in [-0.4, -0.2) is 58.0 Å². The summed E-state index contributed by atoms with van der Waals surface area (Å²) in [5.74, 6) is -0.497. The summed E-state index contributed by atoms with van der Waals surface area (Å²) < 4.78 is 1.66. The normalized spacial score (nSPS) is 19.5. The fourth-order valence-electron chi connectivity index (χ4n) is 4.88. The molecule has 0 bridgehead atoms. The summed E-state index contributed by atoms with van der Waals surface area (Å²) in [5.41, 5.74) is 3.27. The number of carbonyl (C=O) groups excluding carboxylic acids is 3. The Morgan fingerprint density at radius 1 is 1.06 bits per heavy atom. The van der Waals surface area contributed by atoms with E-state index < -0.39 is 6.04 Å². The van der Waals surface area contributed by atoms with Gasteiger partial charge in [0, 0.05) is 37.6 Å². The molecular formula is C28H43N5O3. The van der Waals surface area contributed by atoms with Crippen LogP contribution in [0.25, 0.3) is 10.9 Å². The number of benzene rings is 1. The molecule has 1 aliphatic rings. The Hall–Kier alpha value is -2.90. The summed E-state index contributed by atoms with van der Waals surface area (Å²) in [7, 11) is 1.65. The number of ketones is 1. The standard InChI is InChI=1S/C28H43N5O3/c1-19(2)30-23-16-22-14-12-10-8-6-7-9-11-13-15-29-28(36)20(3)32(5)25(35)18-33-27(22)24(17-23)26(31-33)21(4)34/h16-17,19-20,30H,6-15,18H2,1-5H3,(H,29,36)/t20-/m0/s1. The van der Waals surface area contributed by atoms with E-state index in [9.17, 15) is 14.4 Å². The van der Waals surface area contributed by atoms with Gasteiger partial charge in [-0.25, -0.2) is 0 Å². The van der Waals surface area contributed by atoms with Gasteiger partial charge in [0.1, 0.15) is 18.3 Å². The molecule has 198 valence electrons. The van der Waals surface area contributed by atoms with Crippen molar-refractivity contribution in [1.82, 2.24) is 20.0 Å². The van der Waals surface area contributed by atoms with Crippen molar-refractivity contribution >= 4 is 34.2 Å². The Bertz CT molecular complexity index is 1070. The van der Waals surface area contributed by atoms with Gasteiger partial charge in [-0.3, -0.25) is 19.1 Å². The molecule has 0 aliphatic carbocycles. The molecule has 0 saturated heterocycles. The molecule has 2 heterocycles. The summed E-state index contributed by atoms with van der Waals surface area (Å²) in [4.78, 5) is 39.9. The van der Waals surface area contributed by atoms with Gasteiger partial charge in [0.15, 0.2) is 5.78 Å². The van der Waals surface area contributed by atoms with Crippen molar-refractivity contribution in [2.45, 2.75) is 104 Å². The number of nitrogens with one attached hydrogen (secondary N) is 2. The number of nitrogens with zero attached hydrogens (tertiary/aromatic N) is 3. The highest BCUT2D eigenvalue weighted by atomic mass is 16.2. The smallest absolute Gasteiger partial charge is 0.244 e. The molecule has 0 radical (unpaired) electrons. The van der Waals surface area contributed by atoms with E-state index >= 15 is 0 Å². The van der Waals surface area contributed by atoms with E-state index in [1.165, 1.54) is 37.5 Å². The summed E-state index contributed by atoms with van der Waals surface area (Å²) in [6, 6.07) is 3.77. The highest BCUT2D eigenvalue weighted by Crippen LogP contribution is 2.29. The quantitative estimate of drug-likeness (QED) is 0.599. The SMILES string of the molecule is CC(=O)c1nn2c3c(cc(NC(C)C)cc13)CCCCCCCCCCNC(=O)[C@H](C)N(C)C(=O)C2. The zero-order valence-electron chi connectivity index (χ0n) is 22.7. The van der Waals surface area contributed by atoms with Gasteiger partial charge in [0.2, 0.25) is 11.8 Å². The second kappa shape index (κ2) is 12.9. The van der Waals surface area contributed by atoms with Crippen LogP contribution >= 0.6 is 0 Å². The number of rotatable bonds is 3. The van der Waals surface area contributed by atoms with Gasteiger partial charge in [-0.1, -0.05) is 38.5 Å². The Labute approximate surface area is 215 Å². The monoisotopic (exact) mass is 497 g/mol. The van der Waals surface area contributed by atoms with Crippen molar-refractivity contribution in [3.05, 3.63) is 23.4 Å². The maximum absolute atomic E-state index is 13.2. The lowest BCUT2D eigenvalue weighted by Crippen LogP contribution is -2.47. The third kappa shape index (κ3) is 7.08. The van der Waals surface area contributed by atoms with Crippen LogP contribution in [0.3, 0.4) is 0 Å². The van der Waals surface area contributed by atoms with Crippen LogP contribution in [0.2, 0.25) is 0 Å². The van der Waals surface area contributed by atoms with E-state index in [1.54, 1.807) is 18.7 Å². The predicted molar refractivity (Wildman–Crippen MR) is 144 cm³/mol. The van der Waals surface area contributed by atoms with Crippen molar-refractivity contribution in [2.75, 3.05) is 18.9 Å². The van der Waals surface area contributed by atoms with E-state index in [2.05, 4.69) is 35.6 Å². The zero-order chi connectivity index (χ0) is 26.2. The maximum atomic E-state index is 13.2. The molecule has 1 atom stereocenters. The summed E-state index contributed by atoms with van der Waals surface area (Å²) in [6.07, 6.45) is 9.93. The minimum absolute atomic E-state index is 0.0259. The van der Waals surface area contributed by atoms with Crippen molar-refractivity contribution < 1.29 is 14.4 Å². The van der Waals surface area contributed by atoms with Crippen molar-refractivity contribution in [3.8, 4) is 0 Å². The van der Waals surface area contributed by atoms with E-state index in [4.69, 9.17) is 0 Å². The Kier molecular flexibility index (Phi) is 9.90. The van der Waals surface area contributed by atoms with Crippen molar-refractivity contribution in [1.29, 1.82) is 0 Å². The van der Waals surface area contributed by atoms with Crippen LogP contribution in [-0.2, 0) is 22.6 Å². The van der Waals surface area contributed by atoms with E-state index in [1.807, 2.05) is 6.07 Å². The zero-order valence-corrected chi connectivity index (χ0v) is 22.7. The minimum Gasteiger partial charge on any atom is -0.383 e. The van der Waals surface area contributed by atoms with E-state index in [0.29, 0.717) is 12.2 Å². The summed E-state index contributed by atoms with van der Waals surface area (Å²) in [6.45, 7) is 8.03. The van der Waals surface area contributed by atoms with Gasteiger partial charge in [0.25, 0.3) is 0 Å². The molecule has 8 nitrogen and oxygen atoms in total.